The Morgan fingerprint density at radius 2 is 1.93 bits per heavy atom. The molecular formula is C12H26O2Si. The van der Waals surface area contributed by atoms with Gasteiger partial charge in [0.25, 0.3) is 0 Å². The van der Waals surface area contributed by atoms with Gasteiger partial charge in [0.05, 0.1) is 0 Å². The summed E-state index contributed by atoms with van der Waals surface area (Å²) in [7, 11) is 0.714. The molecule has 3 heteroatoms. The van der Waals surface area contributed by atoms with Gasteiger partial charge in [-0.25, -0.2) is 0 Å². The first-order valence-corrected chi connectivity index (χ1v) is 8.44. The molecule has 0 aliphatic rings. The zero-order valence-corrected chi connectivity index (χ0v) is 11.7. The minimum atomic E-state index is -0.982. The zero-order valence-electron chi connectivity index (χ0n) is 10.5. The average Bonchev–Trinajstić information content (AvgIpc) is 2.23. The lowest BCUT2D eigenvalue weighted by atomic mass is 10.1. The van der Waals surface area contributed by atoms with Crippen LogP contribution in [0.3, 0.4) is 0 Å². The molecule has 0 fully saturated rings. The molecule has 0 aliphatic carbocycles. The smallest absolute Gasteiger partial charge is 0.177 e. The van der Waals surface area contributed by atoms with Crippen LogP contribution in [-0.4, -0.2) is 22.4 Å². The van der Waals surface area contributed by atoms with Crippen LogP contribution in [0.1, 0.15) is 39.0 Å². The summed E-state index contributed by atoms with van der Waals surface area (Å²) in [6, 6.07) is 1.27. The quantitative estimate of drug-likeness (QED) is 0.247. The molecule has 0 heterocycles. The summed E-state index contributed by atoms with van der Waals surface area (Å²) in [5.74, 6) is 0. The SMILES string of the molecule is C=CCCCCCC[SiH](C)OC(C)OC. The van der Waals surface area contributed by atoms with Gasteiger partial charge in [-0.2, -0.15) is 0 Å². The van der Waals surface area contributed by atoms with Gasteiger partial charge in [0.1, 0.15) is 6.29 Å². The summed E-state index contributed by atoms with van der Waals surface area (Å²) >= 11 is 0. The highest BCUT2D eigenvalue weighted by Gasteiger charge is 2.08. The fourth-order valence-corrected chi connectivity index (χ4v) is 3.29. The lowest BCUT2D eigenvalue weighted by molar-refractivity contribution is -0.0408. The van der Waals surface area contributed by atoms with E-state index in [1.807, 2.05) is 13.0 Å². The lowest BCUT2D eigenvalue weighted by Crippen LogP contribution is -2.21. The first kappa shape index (κ1) is 14.9. The molecule has 0 radical (unpaired) electrons. The van der Waals surface area contributed by atoms with E-state index in [2.05, 4.69) is 13.1 Å². The summed E-state index contributed by atoms with van der Waals surface area (Å²) in [6.07, 6.45) is 8.39. The van der Waals surface area contributed by atoms with E-state index >= 15 is 0 Å². The van der Waals surface area contributed by atoms with Gasteiger partial charge in [-0.05, 0) is 32.4 Å². The monoisotopic (exact) mass is 230 g/mol. The van der Waals surface area contributed by atoms with Crippen molar-refractivity contribution in [3.63, 3.8) is 0 Å². The molecule has 90 valence electrons. The van der Waals surface area contributed by atoms with Crippen LogP contribution in [0, 0.1) is 0 Å². The average molecular weight is 230 g/mol. The Hall–Kier alpha value is -0.123. The van der Waals surface area contributed by atoms with Crippen LogP contribution in [-0.2, 0) is 9.16 Å². The third-order valence-electron chi connectivity index (χ3n) is 2.52. The van der Waals surface area contributed by atoms with E-state index in [1.54, 1.807) is 7.11 Å². The zero-order chi connectivity index (χ0) is 11.5. The number of methoxy groups -OCH3 is 1. The summed E-state index contributed by atoms with van der Waals surface area (Å²) in [5, 5.41) is 0. The third kappa shape index (κ3) is 10.2. The molecular weight excluding hydrogens is 204 g/mol. The van der Waals surface area contributed by atoms with Crippen LogP contribution in [0.5, 0.6) is 0 Å². The van der Waals surface area contributed by atoms with E-state index in [-0.39, 0.29) is 6.29 Å². The molecule has 0 saturated carbocycles. The first-order valence-electron chi connectivity index (χ1n) is 5.99. The highest BCUT2D eigenvalue weighted by atomic mass is 28.3. The summed E-state index contributed by atoms with van der Waals surface area (Å²) in [6.45, 7) is 7.94. The molecule has 0 bridgehead atoms. The van der Waals surface area contributed by atoms with E-state index in [4.69, 9.17) is 9.16 Å². The molecule has 2 unspecified atom stereocenters. The normalized spacial score (nSPS) is 14.9. The van der Waals surface area contributed by atoms with Gasteiger partial charge in [-0.1, -0.05) is 25.3 Å². The van der Waals surface area contributed by atoms with Crippen LogP contribution in [0.15, 0.2) is 12.7 Å². The Morgan fingerprint density at radius 1 is 1.27 bits per heavy atom. The molecule has 0 aromatic carbocycles. The van der Waals surface area contributed by atoms with E-state index in [1.165, 1.54) is 31.7 Å². The van der Waals surface area contributed by atoms with Crippen molar-refractivity contribution >= 4 is 9.04 Å². The Kier molecular flexibility index (Phi) is 10.3. The Morgan fingerprint density at radius 3 is 2.53 bits per heavy atom. The van der Waals surface area contributed by atoms with E-state index in [0.717, 1.165) is 6.42 Å². The number of hydrogen-bond donors (Lipinski definition) is 0. The Bertz CT molecular complexity index is 151. The van der Waals surface area contributed by atoms with Crippen molar-refractivity contribution in [3.05, 3.63) is 12.7 Å². The fraction of sp³-hybridized carbons (Fsp3) is 0.833. The predicted octanol–water partition coefficient (Wildman–Crippen LogP) is 3.49. The molecule has 15 heavy (non-hydrogen) atoms. The molecule has 2 nitrogen and oxygen atoms in total. The van der Waals surface area contributed by atoms with E-state index < -0.39 is 9.04 Å². The molecule has 0 amide bonds. The number of rotatable bonds is 10. The molecule has 0 spiro atoms. The third-order valence-corrected chi connectivity index (χ3v) is 4.59. The summed E-state index contributed by atoms with van der Waals surface area (Å²) < 4.78 is 10.8. The van der Waals surface area contributed by atoms with Crippen molar-refractivity contribution in [3.8, 4) is 0 Å². The van der Waals surface area contributed by atoms with Crippen LogP contribution >= 0.6 is 0 Å². The van der Waals surface area contributed by atoms with Gasteiger partial charge in [0.15, 0.2) is 9.04 Å². The molecule has 0 aromatic heterocycles. The maximum absolute atomic E-state index is 5.73. The number of unbranched alkanes of at least 4 members (excludes halogenated alkanes) is 4. The molecule has 0 rings (SSSR count). The van der Waals surface area contributed by atoms with Crippen molar-refractivity contribution in [2.24, 2.45) is 0 Å². The van der Waals surface area contributed by atoms with Crippen molar-refractivity contribution in [1.29, 1.82) is 0 Å². The van der Waals surface area contributed by atoms with Crippen LogP contribution < -0.4 is 0 Å². The van der Waals surface area contributed by atoms with Crippen molar-refractivity contribution < 1.29 is 9.16 Å². The molecule has 0 saturated heterocycles. The van der Waals surface area contributed by atoms with Crippen molar-refractivity contribution in [2.45, 2.75) is 57.9 Å². The van der Waals surface area contributed by atoms with Crippen molar-refractivity contribution in [1.82, 2.24) is 0 Å². The van der Waals surface area contributed by atoms with Crippen LogP contribution in [0.4, 0.5) is 0 Å². The van der Waals surface area contributed by atoms with Gasteiger partial charge < -0.3 is 9.16 Å². The minimum absolute atomic E-state index is 0.0209. The number of hydrogen-bond acceptors (Lipinski definition) is 2. The predicted molar refractivity (Wildman–Crippen MR) is 68.7 cm³/mol. The van der Waals surface area contributed by atoms with E-state index in [9.17, 15) is 0 Å². The number of allylic oxidation sites excluding steroid dienone is 1. The summed E-state index contributed by atoms with van der Waals surface area (Å²) in [5.41, 5.74) is 0. The molecule has 0 aliphatic heterocycles. The van der Waals surface area contributed by atoms with Crippen molar-refractivity contribution in [2.75, 3.05) is 7.11 Å². The van der Waals surface area contributed by atoms with Crippen LogP contribution in [0.25, 0.3) is 0 Å². The largest absolute Gasteiger partial charge is 0.396 e. The summed E-state index contributed by atoms with van der Waals surface area (Å²) in [4.78, 5) is 0. The van der Waals surface area contributed by atoms with Crippen LogP contribution in [0.2, 0.25) is 12.6 Å². The highest BCUT2D eigenvalue weighted by molar-refractivity contribution is 6.50. The van der Waals surface area contributed by atoms with Gasteiger partial charge in [0.2, 0.25) is 0 Å². The lowest BCUT2D eigenvalue weighted by Gasteiger charge is -2.16. The molecule has 0 aromatic rings. The van der Waals surface area contributed by atoms with Gasteiger partial charge in [0, 0.05) is 7.11 Å². The first-order chi connectivity index (χ1) is 7.20. The highest BCUT2D eigenvalue weighted by Crippen LogP contribution is 2.10. The second-order valence-electron chi connectivity index (χ2n) is 4.03. The van der Waals surface area contributed by atoms with Gasteiger partial charge >= 0.3 is 0 Å². The molecule has 0 N–H and O–H groups in total. The minimum Gasteiger partial charge on any atom is -0.396 e. The fourth-order valence-electron chi connectivity index (χ4n) is 1.52. The Balaban J connectivity index is 3.23. The second-order valence-corrected chi connectivity index (χ2v) is 6.50. The second kappa shape index (κ2) is 10.4. The van der Waals surface area contributed by atoms with Gasteiger partial charge in [-0.3, -0.25) is 0 Å². The maximum Gasteiger partial charge on any atom is 0.177 e. The van der Waals surface area contributed by atoms with E-state index in [0.29, 0.717) is 0 Å². The number of ether oxygens (including phenoxy) is 1. The maximum atomic E-state index is 5.73. The Labute approximate surface area is 96.4 Å². The standard InChI is InChI=1S/C12H26O2Si/c1-5-6-7-8-9-10-11-15(4)14-12(2)13-3/h5,12,15H,1,6-11H2,2-4H3. The molecule has 2 atom stereocenters. The van der Waals surface area contributed by atoms with Gasteiger partial charge in [-0.15, -0.1) is 6.58 Å². The topological polar surface area (TPSA) is 18.5 Å².